The SMILES string of the molecule is O=C1N[C@@H](Cc2cnc[nH]2)C(=O)NC1Cc1ccccc1. The monoisotopic (exact) mass is 284 g/mol. The van der Waals surface area contributed by atoms with Gasteiger partial charge in [0.25, 0.3) is 0 Å². The van der Waals surface area contributed by atoms with Crippen LogP contribution in [0.1, 0.15) is 11.3 Å². The summed E-state index contributed by atoms with van der Waals surface area (Å²) in [6.07, 6.45) is 4.11. The van der Waals surface area contributed by atoms with Gasteiger partial charge in [-0.1, -0.05) is 30.3 Å². The van der Waals surface area contributed by atoms with Crippen LogP contribution in [-0.2, 0) is 22.4 Å². The summed E-state index contributed by atoms with van der Waals surface area (Å²) >= 11 is 0. The molecule has 0 aliphatic carbocycles. The van der Waals surface area contributed by atoms with Crippen LogP contribution in [-0.4, -0.2) is 33.9 Å². The van der Waals surface area contributed by atoms with Crippen LogP contribution in [0.3, 0.4) is 0 Å². The Morgan fingerprint density at radius 2 is 1.62 bits per heavy atom. The Kier molecular flexibility index (Phi) is 3.68. The van der Waals surface area contributed by atoms with Gasteiger partial charge in [-0.05, 0) is 5.56 Å². The molecule has 3 N–H and O–H groups in total. The number of aromatic amines is 1. The van der Waals surface area contributed by atoms with Gasteiger partial charge in [0.1, 0.15) is 12.1 Å². The second kappa shape index (κ2) is 5.78. The van der Waals surface area contributed by atoms with Crippen molar-refractivity contribution in [1.82, 2.24) is 20.6 Å². The van der Waals surface area contributed by atoms with Crippen LogP contribution >= 0.6 is 0 Å². The lowest BCUT2D eigenvalue weighted by Gasteiger charge is -2.29. The number of nitrogens with one attached hydrogen (secondary N) is 3. The average molecular weight is 284 g/mol. The van der Waals surface area contributed by atoms with E-state index in [1.54, 1.807) is 12.5 Å². The maximum absolute atomic E-state index is 12.1. The standard InChI is InChI=1S/C15H16N4O2/c20-14-12(6-10-4-2-1-3-5-10)18-15(21)13(19-14)7-11-8-16-9-17-11/h1-5,8-9,12-13H,6-7H2,(H,16,17)(H,18,21)(H,19,20)/t12?,13-/m0/s1. The summed E-state index contributed by atoms with van der Waals surface area (Å²) in [6.45, 7) is 0. The molecule has 1 aromatic carbocycles. The molecule has 3 rings (SSSR count). The smallest absolute Gasteiger partial charge is 0.243 e. The van der Waals surface area contributed by atoms with Crippen molar-refractivity contribution in [2.24, 2.45) is 0 Å². The molecule has 0 radical (unpaired) electrons. The molecular formula is C15H16N4O2. The number of piperazine rings is 1. The molecule has 1 aliphatic heterocycles. The van der Waals surface area contributed by atoms with Crippen molar-refractivity contribution >= 4 is 11.8 Å². The number of carbonyl (C=O) groups excluding carboxylic acids is 2. The van der Waals surface area contributed by atoms with E-state index in [9.17, 15) is 9.59 Å². The minimum atomic E-state index is -0.551. The van der Waals surface area contributed by atoms with Gasteiger partial charge in [0.05, 0.1) is 6.33 Å². The Morgan fingerprint density at radius 1 is 0.952 bits per heavy atom. The fourth-order valence-electron chi connectivity index (χ4n) is 2.43. The molecule has 2 amide bonds. The number of nitrogens with zero attached hydrogens (tertiary/aromatic N) is 1. The van der Waals surface area contributed by atoms with Gasteiger partial charge in [0, 0.05) is 24.7 Å². The predicted molar refractivity (Wildman–Crippen MR) is 76.3 cm³/mol. The van der Waals surface area contributed by atoms with Crippen molar-refractivity contribution < 1.29 is 9.59 Å². The second-order valence-electron chi connectivity index (χ2n) is 5.09. The van der Waals surface area contributed by atoms with Crippen LogP contribution in [0.4, 0.5) is 0 Å². The molecule has 108 valence electrons. The fraction of sp³-hybridized carbons (Fsp3) is 0.267. The predicted octanol–water partition coefficient (Wildman–Crippen LogP) is 0.178. The Morgan fingerprint density at radius 3 is 2.24 bits per heavy atom. The molecule has 0 bridgehead atoms. The largest absolute Gasteiger partial charge is 0.348 e. The Balaban J connectivity index is 1.64. The molecule has 2 atom stereocenters. The zero-order chi connectivity index (χ0) is 14.7. The summed E-state index contributed by atoms with van der Waals surface area (Å²) < 4.78 is 0. The summed E-state index contributed by atoms with van der Waals surface area (Å²) in [7, 11) is 0. The number of carbonyl (C=O) groups is 2. The first-order chi connectivity index (χ1) is 10.2. The first-order valence-electron chi connectivity index (χ1n) is 6.84. The number of hydrogen-bond acceptors (Lipinski definition) is 3. The fourth-order valence-corrected chi connectivity index (χ4v) is 2.43. The minimum absolute atomic E-state index is 0.150. The van der Waals surface area contributed by atoms with Crippen molar-refractivity contribution in [3.05, 3.63) is 54.1 Å². The molecular weight excluding hydrogens is 268 g/mol. The quantitative estimate of drug-likeness (QED) is 0.748. The molecule has 1 saturated heterocycles. The van der Waals surface area contributed by atoms with Gasteiger partial charge in [-0.2, -0.15) is 0 Å². The highest BCUT2D eigenvalue weighted by molar-refractivity contribution is 5.97. The van der Waals surface area contributed by atoms with E-state index in [1.807, 2.05) is 30.3 Å². The average Bonchev–Trinajstić information content (AvgIpc) is 2.98. The molecule has 6 nitrogen and oxygen atoms in total. The van der Waals surface area contributed by atoms with E-state index in [2.05, 4.69) is 20.6 Å². The molecule has 1 aliphatic rings. The normalized spacial score (nSPS) is 21.7. The number of hydrogen-bond donors (Lipinski definition) is 3. The molecule has 21 heavy (non-hydrogen) atoms. The number of rotatable bonds is 4. The zero-order valence-corrected chi connectivity index (χ0v) is 11.4. The van der Waals surface area contributed by atoms with E-state index < -0.39 is 12.1 Å². The molecule has 2 heterocycles. The molecule has 0 spiro atoms. The number of aromatic nitrogens is 2. The van der Waals surface area contributed by atoms with Crippen LogP contribution in [0.2, 0.25) is 0 Å². The van der Waals surface area contributed by atoms with Gasteiger partial charge in [0.15, 0.2) is 0 Å². The maximum Gasteiger partial charge on any atom is 0.243 e. The zero-order valence-electron chi connectivity index (χ0n) is 11.4. The van der Waals surface area contributed by atoms with Crippen molar-refractivity contribution in [1.29, 1.82) is 0 Å². The first-order valence-corrected chi connectivity index (χ1v) is 6.84. The lowest BCUT2D eigenvalue weighted by molar-refractivity contribution is -0.136. The van der Waals surface area contributed by atoms with Crippen LogP contribution in [0.15, 0.2) is 42.9 Å². The van der Waals surface area contributed by atoms with Crippen molar-refractivity contribution in [3.63, 3.8) is 0 Å². The summed E-state index contributed by atoms with van der Waals surface area (Å²) in [4.78, 5) is 31.1. The van der Waals surface area contributed by atoms with Gasteiger partial charge in [-0.15, -0.1) is 0 Å². The van der Waals surface area contributed by atoms with Crippen LogP contribution in [0.25, 0.3) is 0 Å². The third-order valence-electron chi connectivity index (χ3n) is 3.53. The lowest BCUT2D eigenvalue weighted by Crippen LogP contribution is -2.62. The number of amides is 2. The Labute approximate surface area is 122 Å². The van der Waals surface area contributed by atoms with Crippen LogP contribution in [0.5, 0.6) is 0 Å². The molecule has 1 fully saturated rings. The van der Waals surface area contributed by atoms with Gasteiger partial charge in [-0.25, -0.2) is 4.98 Å². The molecule has 6 heteroatoms. The van der Waals surface area contributed by atoms with Crippen molar-refractivity contribution in [2.45, 2.75) is 24.9 Å². The van der Waals surface area contributed by atoms with E-state index in [-0.39, 0.29) is 11.8 Å². The molecule has 0 saturated carbocycles. The van der Waals surface area contributed by atoms with E-state index in [0.717, 1.165) is 11.3 Å². The highest BCUT2D eigenvalue weighted by Gasteiger charge is 2.33. The van der Waals surface area contributed by atoms with E-state index >= 15 is 0 Å². The van der Waals surface area contributed by atoms with Crippen molar-refractivity contribution in [3.8, 4) is 0 Å². The molecule has 1 aromatic heterocycles. The van der Waals surface area contributed by atoms with E-state index in [1.165, 1.54) is 0 Å². The summed E-state index contributed by atoms with van der Waals surface area (Å²) in [6, 6.07) is 8.57. The summed E-state index contributed by atoms with van der Waals surface area (Å²) in [5.74, 6) is -0.312. The van der Waals surface area contributed by atoms with E-state index in [4.69, 9.17) is 0 Å². The minimum Gasteiger partial charge on any atom is -0.348 e. The van der Waals surface area contributed by atoms with Crippen LogP contribution < -0.4 is 10.6 Å². The van der Waals surface area contributed by atoms with Crippen LogP contribution in [0, 0.1) is 0 Å². The van der Waals surface area contributed by atoms with Gasteiger partial charge in [-0.3, -0.25) is 9.59 Å². The first kappa shape index (κ1) is 13.4. The van der Waals surface area contributed by atoms with Crippen molar-refractivity contribution in [2.75, 3.05) is 0 Å². The van der Waals surface area contributed by atoms with E-state index in [0.29, 0.717) is 12.8 Å². The summed E-state index contributed by atoms with van der Waals surface area (Å²) in [5, 5.41) is 5.57. The molecule has 2 aromatic rings. The van der Waals surface area contributed by atoms with Gasteiger partial charge < -0.3 is 15.6 Å². The second-order valence-corrected chi connectivity index (χ2v) is 5.09. The molecule has 1 unspecified atom stereocenters. The lowest BCUT2D eigenvalue weighted by atomic mass is 10.0. The third kappa shape index (κ3) is 3.10. The van der Waals surface area contributed by atoms with Gasteiger partial charge >= 0.3 is 0 Å². The number of imidazole rings is 1. The topological polar surface area (TPSA) is 86.9 Å². The summed E-state index contributed by atoms with van der Waals surface area (Å²) in [5.41, 5.74) is 1.84. The van der Waals surface area contributed by atoms with Gasteiger partial charge in [0.2, 0.25) is 11.8 Å². The number of benzene rings is 1. The highest BCUT2D eigenvalue weighted by Crippen LogP contribution is 2.09. The maximum atomic E-state index is 12.1. The third-order valence-corrected chi connectivity index (χ3v) is 3.53. The number of H-pyrrole nitrogens is 1. The Hall–Kier alpha value is -2.63. The Bertz CT molecular complexity index is 624. The highest BCUT2D eigenvalue weighted by atomic mass is 16.2.